The van der Waals surface area contributed by atoms with E-state index >= 15 is 0 Å². The van der Waals surface area contributed by atoms with Crippen LogP contribution < -0.4 is 4.74 Å². The molecular formula is C11H11ClN4O. The zero-order chi connectivity index (χ0) is 12.5. The second kappa shape index (κ2) is 4.22. The fourth-order valence-electron chi connectivity index (χ4n) is 1.22. The Kier molecular flexibility index (Phi) is 2.90. The number of pyridine rings is 1. The number of rotatable bonds is 3. The highest BCUT2D eigenvalue weighted by molar-refractivity contribution is 6.28. The lowest BCUT2D eigenvalue weighted by molar-refractivity contribution is 0.226. The van der Waals surface area contributed by atoms with Gasteiger partial charge in [-0.05, 0) is 37.6 Å². The molecular weight excluding hydrogens is 240 g/mol. The second-order valence-electron chi connectivity index (χ2n) is 4.33. The van der Waals surface area contributed by atoms with Crippen molar-refractivity contribution in [2.45, 2.75) is 13.8 Å². The maximum absolute atomic E-state index is 8.87. The summed E-state index contributed by atoms with van der Waals surface area (Å²) in [6.07, 6.45) is 1.68. The Morgan fingerprint density at radius 2 is 2.29 bits per heavy atom. The molecule has 0 aromatic carbocycles. The van der Waals surface area contributed by atoms with Gasteiger partial charge in [-0.2, -0.15) is 10.2 Å². The minimum absolute atomic E-state index is 0.194. The molecule has 0 radical (unpaired) electrons. The molecule has 0 aliphatic rings. The Hall–Kier alpha value is -1.80. The number of ether oxygens (including phenoxy) is 1. The quantitative estimate of drug-likeness (QED) is 0.839. The Balaban J connectivity index is 2.17. The topological polar surface area (TPSA) is 63.2 Å². The molecule has 2 aromatic heterocycles. The number of hydrogen-bond acceptors (Lipinski definition) is 4. The Bertz CT molecular complexity index is 585. The van der Waals surface area contributed by atoms with Crippen LogP contribution in [0.4, 0.5) is 0 Å². The van der Waals surface area contributed by atoms with Gasteiger partial charge in [0.1, 0.15) is 12.4 Å². The van der Waals surface area contributed by atoms with Gasteiger partial charge in [-0.3, -0.25) is 0 Å². The van der Waals surface area contributed by atoms with Crippen molar-refractivity contribution in [1.29, 1.82) is 5.26 Å². The van der Waals surface area contributed by atoms with E-state index in [2.05, 4.69) is 16.2 Å². The van der Waals surface area contributed by atoms with E-state index in [0.717, 1.165) is 0 Å². The van der Waals surface area contributed by atoms with E-state index < -0.39 is 5.41 Å². The third kappa shape index (κ3) is 2.66. The van der Waals surface area contributed by atoms with Crippen LogP contribution in [-0.2, 0) is 0 Å². The molecule has 0 aliphatic heterocycles. The molecule has 0 saturated heterocycles. The summed E-state index contributed by atoms with van der Waals surface area (Å²) in [6.45, 7) is 3.95. The van der Waals surface area contributed by atoms with Gasteiger partial charge in [0.15, 0.2) is 5.65 Å². The zero-order valence-electron chi connectivity index (χ0n) is 9.51. The number of nitrogens with zero attached hydrogens (tertiary/aromatic N) is 4. The minimum atomic E-state index is -0.519. The van der Waals surface area contributed by atoms with E-state index in [1.807, 2.05) is 13.8 Å². The summed E-state index contributed by atoms with van der Waals surface area (Å²) in [4.78, 5) is 3.99. The van der Waals surface area contributed by atoms with E-state index in [1.165, 1.54) is 4.52 Å². The van der Waals surface area contributed by atoms with Gasteiger partial charge in [0.25, 0.3) is 0 Å². The van der Waals surface area contributed by atoms with E-state index in [1.54, 1.807) is 18.3 Å². The number of nitriles is 1. The van der Waals surface area contributed by atoms with Crippen molar-refractivity contribution < 1.29 is 4.74 Å². The fourth-order valence-corrected chi connectivity index (χ4v) is 1.39. The molecule has 0 bridgehead atoms. The van der Waals surface area contributed by atoms with Gasteiger partial charge in [0, 0.05) is 0 Å². The van der Waals surface area contributed by atoms with Crippen molar-refractivity contribution in [3.05, 3.63) is 23.6 Å². The zero-order valence-corrected chi connectivity index (χ0v) is 10.3. The van der Waals surface area contributed by atoms with Crippen LogP contribution in [0.1, 0.15) is 13.8 Å². The first kappa shape index (κ1) is 11.7. The van der Waals surface area contributed by atoms with Crippen molar-refractivity contribution in [2.24, 2.45) is 5.41 Å². The summed E-state index contributed by atoms with van der Waals surface area (Å²) in [7, 11) is 0. The molecule has 0 amide bonds. The minimum Gasteiger partial charge on any atom is -0.490 e. The Labute approximate surface area is 104 Å². The van der Waals surface area contributed by atoms with Crippen molar-refractivity contribution in [1.82, 2.24) is 14.6 Å². The van der Waals surface area contributed by atoms with Gasteiger partial charge >= 0.3 is 0 Å². The smallest absolute Gasteiger partial charge is 0.243 e. The highest BCUT2D eigenvalue weighted by Crippen LogP contribution is 2.18. The molecule has 88 valence electrons. The van der Waals surface area contributed by atoms with Crippen LogP contribution in [0.3, 0.4) is 0 Å². The Morgan fingerprint density at radius 1 is 1.53 bits per heavy atom. The molecule has 6 heteroatoms. The average molecular weight is 251 g/mol. The highest BCUT2D eigenvalue weighted by Gasteiger charge is 2.17. The monoisotopic (exact) mass is 250 g/mol. The second-order valence-corrected chi connectivity index (χ2v) is 4.67. The molecule has 2 rings (SSSR count). The normalized spacial score (nSPS) is 11.4. The average Bonchev–Trinajstić information content (AvgIpc) is 2.66. The molecule has 17 heavy (non-hydrogen) atoms. The fraction of sp³-hybridized carbons (Fsp3) is 0.364. The predicted octanol–water partition coefficient (Wildman–Crippen LogP) is 2.31. The van der Waals surface area contributed by atoms with Crippen LogP contribution in [0.2, 0.25) is 5.28 Å². The first-order valence-corrected chi connectivity index (χ1v) is 5.44. The molecule has 2 heterocycles. The highest BCUT2D eigenvalue weighted by atomic mass is 35.5. The lowest BCUT2D eigenvalue weighted by atomic mass is 9.98. The molecule has 0 fully saturated rings. The van der Waals surface area contributed by atoms with Crippen LogP contribution in [0.15, 0.2) is 18.3 Å². The van der Waals surface area contributed by atoms with Crippen LogP contribution in [-0.4, -0.2) is 21.2 Å². The van der Waals surface area contributed by atoms with Gasteiger partial charge in [0.05, 0.1) is 17.7 Å². The van der Waals surface area contributed by atoms with E-state index in [0.29, 0.717) is 18.0 Å². The SMILES string of the molecule is CC(C)(C#N)COc1ccc2nc(Cl)nn2c1. The third-order valence-corrected chi connectivity index (χ3v) is 2.34. The molecule has 2 aromatic rings. The third-order valence-electron chi connectivity index (χ3n) is 2.18. The van der Waals surface area contributed by atoms with Gasteiger partial charge in [-0.25, -0.2) is 4.52 Å². The van der Waals surface area contributed by atoms with Crippen molar-refractivity contribution in [3.8, 4) is 11.8 Å². The molecule has 0 spiro atoms. The van der Waals surface area contributed by atoms with Crippen molar-refractivity contribution in [2.75, 3.05) is 6.61 Å². The van der Waals surface area contributed by atoms with Gasteiger partial charge in [-0.1, -0.05) is 0 Å². The van der Waals surface area contributed by atoms with Crippen LogP contribution >= 0.6 is 11.6 Å². The van der Waals surface area contributed by atoms with Crippen LogP contribution in [0.5, 0.6) is 5.75 Å². The predicted molar refractivity (Wildman–Crippen MR) is 62.9 cm³/mol. The molecule has 5 nitrogen and oxygen atoms in total. The maximum Gasteiger partial charge on any atom is 0.243 e. The van der Waals surface area contributed by atoms with E-state index in [-0.39, 0.29) is 5.28 Å². The first-order valence-electron chi connectivity index (χ1n) is 5.06. The summed E-state index contributed by atoms with van der Waals surface area (Å²) in [6, 6.07) is 5.70. The molecule has 0 unspecified atom stereocenters. The van der Waals surface area contributed by atoms with Crippen molar-refractivity contribution in [3.63, 3.8) is 0 Å². The summed E-state index contributed by atoms with van der Waals surface area (Å²) < 4.78 is 7.06. The summed E-state index contributed by atoms with van der Waals surface area (Å²) >= 11 is 5.68. The van der Waals surface area contributed by atoms with E-state index in [9.17, 15) is 0 Å². The van der Waals surface area contributed by atoms with Gasteiger partial charge in [0.2, 0.25) is 5.28 Å². The summed E-state index contributed by atoms with van der Waals surface area (Å²) in [5.74, 6) is 0.627. The lowest BCUT2D eigenvalue weighted by Gasteiger charge is -2.15. The van der Waals surface area contributed by atoms with Crippen LogP contribution in [0, 0.1) is 16.7 Å². The molecule has 0 aliphatic carbocycles. The number of aromatic nitrogens is 3. The molecule has 0 saturated carbocycles. The summed E-state index contributed by atoms with van der Waals surface area (Å²) in [5.41, 5.74) is 0.136. The standard InChI is InChI=1S/C11H11ClN4O/c1-11(2,6-13)7-17-8-3-4-9-14-10(12)15-16(9)5-8/h3-5H,7H2,1-2H3. The largest absolute Gasteiger partial charge is 0.490 e. The van der Waals surface area contributed by atoms with Crippen LogP contribution in [0.25, 0.3) is 5.65 Å². The Morgan fingerprint density at radius 3 is 3.00 bits per heavy atom. The number of fused-ring (bicyclic) bond motifs is 1. The lowest BCUT2D eigenvalue weighted by Crippen LogP contribution is -2.19. The van der Waals surface area contributed by atoms with Gasteiger partial charge < -0.3 is 4.74 Å². The van der Waals surface area contributed by atoms with Crippen molar-refractivity contribution >= 4 is 17.2 Å². The van der Waals surface area contributed by atoms with Gasteiger partial charge in [-0.15, -0.1) is 5.10 Å². The molecule has 0 atom stereocenters. The number of halogens is 1. The number of hydrogen-bond donors (Lipinski definition) is 0. The van der Waals surface area contributed by atoms with E-state index in [4.69, 9.17) is 21.6 Å². The summed E-state index contributed by atoms with van der Waals surface area (Å²) in [5, 5.41) is 13.0. The molecule has 0 N–H and O–H groups in total. The maximum atomic E-state index is 8.87. The first-order chi connectivity index (χ1) is 8.00.